The van der Waals surface area contributed by atoms with Crippen LogP contribution in [-0.2, 0) is 0 Å². The van der Waals surface area contributed by atoms with Crippen molar-refractivity contribution in [2.75, 3.05) is 9.80 Å². The maximum Gasteiger partial charge on any atom is 0.252 e. The summed E-state index contributed by atoms with van der Waals surface area (Å²) >= 11 is 0. The maximum atomic E-state index is 2.73. The van der Waals surface area contributed by atoms with Gasteiger partial charge >= 0.3 is 0 Å². The number of nitrogens with zero attached hydrogens (tertiary/aromatic N) is 3. The highest BCUT2D eigenvalue weighted by Gasteiger charge is 2.46. The summed E-state index contributed by atoms with van der Waals surface area (Å²) < 4.78 is 2.50. The van der Waals surface area contributed by atoms with E-state index < -0.39 is 0 Å². The molecule has 1 aromatic heterocycles. The number of benzene rings is 12. The van der Waals surface area contributed by atoms with Gasteiger partial charge in [-0.2, -0.15) is 0 Å². The number of hydrogen-bond donors (Lipinski definition) is 0. The molecule has 2 unspecified atom stereocenters. The van der Waals surface area contributed by atoms with Crippen molar-refractivity contribution in [2.45, 2.75) is 39.0 Å². The molecule has 1 fully saturated rings. The molecule has 1 aliphatic carbocycles. The average molecular weight is 1080 g/mol. The van der Waals surface area contributed by atoms with Crippen LogP contribution in [-0.4, -0.2) is 11.3 Å². The minimum Gasteiger partial charge on any atom is -0.310 e. The van der Waals surface area contributed by atoms with Gasteiger partial charge in [-0.3, -0.25) is 0 Å². The lowest BCUT2D eigenvalue weighted by Crippen LogP contribution is -2.61. The summed E-state index contributed by atoms with van der Waals surface area (Å²) in [5.74, 6) is 1.55. The number of aromatic nitrogens is 1. The lowest BCUT2D eigenvalue weighted by atomic mass is 9.33. The number of para-hydroxylation sites is 4. The van der Waals surface area contributed by atoms with Crippen LogP contribution in [0.15, 0.2) is 285 Å². The zero-order chi connectivity index (χ0) is 55.8. The molecule has 16 rings (SSSR count). The number of anilines is 6. The van der Waals surface area contributed by atoms with Gasteiger partial charge in [0.2, 0.25) is 0 Å². The minimum atomic E-state index is -0.129. The number of hydrogen-bond acceptors (Lipinski definition) is 2. The van der Waals surface area contributed by atoms with Crippen LogP contribution in [0.5, 0.6) is 0 Å². The molecule has 2 atom stereocenters. The Morgan fingerprint density at radius 2 is 0.714 bits per heavy atom. The van der Waals surface area contributed by atoms with E-state index in [1.165, 1.54) is 140 Å². The summed E-state index contributed by atoms with van der Waals surface area (Å²) in [6.45, 7) is 4.84. The van der Waals surface area contributed by atoms with Crippen LogP contribution in [0.1, 0.15) is 44.6 Å². The van der Waals surface area contributed by atoms with Crippen LogP contribution >= 0.6 is 0 Å². The van der Waals surface area contributed by atoms with E-state index >= 15 is 0 Å². The first-order chi connectivity index (χ1) is 41.5. The summed E-state index contributed by atoms with van der Waals surface area (Å²) in [5, 5.41) is 2.50. The predicted molar refractivity (Wildman–Crippen MR) is 357 cm³/mol. The molecule has 3 nitrogen and oxygen atoms in total. The Bertz CT molecular complexity index is 4450. The molecule has 12 aromatic carbocycles. The minimum absolute atomic E-state index is 0.129. The second-order valence-electron chi connectivity index (χ2n) is 23.8. The number of rotatable bonds is 9. The second kappa shape index (κ2) is 20.5. The molecule has 3 aliphatic rings. The second-order valence-corrected chi connectivity index (χ2v) is 23.8. The van der Waals surface area contributed by atoms with E-state index in [2.05, 4.69) is 313 Å². The lowest BCUT2D eigenvalue weighted by molar-refractivity contribution is 0.268. The van der Waals surface area contributed by atoms with Gasteiger partial charge in [0.25, 0.3) is 6.71 Å². The van der Waals surface area contributed by atoms with Crippen LogP contribution < -0.4 is 26.2 Å². The molecule has 0 spiro atoms. The first kappa shape index (κ1) is 49.9. The molecule has 2 aliphatic heterocycles. The fraction of sp³-hybridized carbons (Fsp3) is 0.100. The zero-order valence-electron chi connectivity index (χ0n) is 47.4. The summed E-state index contributed by atoms with van der Waals surface area (Å²) in [6, 6.07) is 107. The third kappa shape index (κ3) is 8.26. The van der Waals surface area contributed by atoms with Crippen molar-refractivity contribution in [3.8, 4) is 61.3 Å². The molecule has 84 heavy (non-hydrogen) atoms. The molecule has 0 radical (unpaired) electrons. The highest BCUT2D eigenvalue weighted by molar-refractivity contribution is 7.00. The van der Waals surface area contributed by atoms with Crippen molar-refractivity contribution in [3.05, 3.63) is 291 Å². The fourth-order valence-electron chi connectivity index (χ4n) is 15.1. The molecular formula is C80H62BN3. The molecular weight excluding hydrogens is 1010 g/mol. The van der Waals surface area contributed by atoms with Gasteiger partial charge in [-0.25, -0.2) is 0 Å². The third-order valence-corrected chi connectivity index (χ3v) is 18.5. The van der Waals surface area contributed by atoms with Crippen molar-refractivity contribution in [1.29, 1.82) is 0 Å². The Kier molecular flexibility index (Phi) is 12.2. The Balaban J connectivity index is 1.08. The molecule has 400 valence electrons. The van der Waals surface area contributed by atoms with E-state index in [-0.39, 0.29) is 6.71 Å². The Hall–Kier alpha value is -9.90. The molecule has 4 heteroatoms. The van der Waals surface area contributed by atoms with Crippen molar-refractivity contribution in [1.82, 2.24) is 4.57 Å². The normalized spacial score (nSPS) is 16.1. The summed E-state index contributed by atoms with van der Waals surface area (Å²) in [4.78, 5) is 5.45. The van der Waals surface area contributed by atoms with Crippen LogP contribution in [0.4, 0.5) is 34.1 Å². The quantitative estimate of drug-likeness (QED) is 0.134. The molecule has 0 amide bonds. The van der Waals surface area contributed by atoms with Gasteiger partial charge in [0, 0.05) is 61.5 Å². The average Bonchev–Trinajstić information content (AvgIpc) is 2.33. The first-order valence-electron chi connectivity index (χ1n) is 30.1. The van der Waals surface area contributed by atoms with E-state index in [0.29, 0.717) is 17.8 Å². The largest absolute Gasteiger partial charge is 0.310 e. The van der Waals surface area contributed by atoms with E-state index in [9.17, 15) is 0 Å². The van der Waals surface area contributed by atoms with E-state index in [4.69, 9.17) is 0 Å². The van der Waals surface area contributed by atoms with E-state index in [1.807, 2.05) is 0 Å². The monoisotopic (exact) mass is 1080 g/mol. The van der Waals surface area contributed by atoms with Gasteiger partial charge in [-0.05, 0) is 135 Å². The standard InChI is InChI=1S/C80H62BN3/c1-53-46-54(2)48-61(47-53)62-50-76-78-77(51-62)84(80-66(58-30-14-6-15-31-58)38-23-39-67(80)59-32-16-7-17-33-59)75-52-63(82-72-40-20-18-34-68(72)69-35-19-21-41-73(69)82)43-45-71(75)81(78)70-44-42-60(55-24-8-3-9-25-55)49-74(70)83(76)79-64(56-26-10-4-11-27-56)36-22-37-65(79)57-28-12-5-13-29-57/h3-45,49-54,61H,46-48H2,1-2H3. The first-order valence-corrected chi connectivity index (χ1v) is 30.1. The summed E-state index contributed by atoms with van der Waals surface area (Å²) in [5.41, 5.74) is 27.8. The van der Waals surface area contributed by atoms with Gasteiger partial charge in [0.15, 0.2) is 0 Å². The molecule has 3 heterocycles. The zero-order valence-corrected chi connectivity index (χ0v) is 47.4. The molecule has 1 saturated carbocycles. The van der Waals surface area contributed by atoms with E-state index in [1.54, 1.807) is 0 Å². The van der Waals surface area contributed by atoms with E-state index in [0.717, 1.165) is 18.5 Å². The van der Waals surface area contributed by atoms with Crippen LogP contribution in [0.25, 0.3) is 83.1 Å². The molecule has 0 bridgehead atoms. The van der Waals surface area contributed by atoms with Gasteiger partial charge in [-0.15, -0.1) is 0 Å². The highest BCUT2D eigenvalue weighted by Crippen LogP contribution is 2.55. The van der Waals surface area contributed by atoms with Crippen LogP contribution in [0, 0.1) is 11.8 Å². The smallest absolute Gasteiger partial charge is 0.252 e. The lowest BCUT2D eigenvalue weighted by Gasteiger charge is -2.46. The van der Waals surface area contributed by atoms with Gasteiger partial charge in [-0.1, -0.05) is 257 Å². The van der Waals surface area contributed by atoms with Crippen LogP contribution in [0.2, 0.25) is 0 Å². The van der Waals surface area contributed by atoms with Crippen molar-refractivity contribution < 1.29 is 0 Å². The molecule has 0 N–H and O–H groups in total. The van der Waals surface area contributed by atoms with Crippen molar-refractivity contribution in [2.24, 2.45) is 11.8 Å². The topological polar surface area (TPSA) is 11.4 Å². The van der Waals surface area contributed by atoms with Crippen molar-refractivity contribution >= 4 is 79.0 Å². The number of fused-ring (bicyclic) bond motifs is 7. The maximum absolute atomic E-state index is 2.73. The molecule has 13 aromatic rings. The SMILES string of the molecule is CC1CC(C)CC(c2cc3c4c(c2)N(c2c(-c5ccccc5)cccc2-c2ccccc2)c2cc(-n5c6ccccc6c6ccccc65)ccc2B4c2ccc(-c4ccccc4)cc2N3c2c(-c3ccccc3)cccc2-c2ccccc2)C1. The Morgan fingerprint density at radius 1 is 0.321 bits per heavy atom. The predicted octanol–water partition coefficient (Wildman–Crippen LogP) is 19.7. The molecule has 0 saturated heterocycles. The Morgan fingerprint density at radius 3 is 1.17 bits per heavy atom. The third-order valence-electron chi connectivity index (χ3n) is 18.5. The fourth-order valence-corrected chi connectivity index (χ4v) is 15.1. The Labute approximate surface area is 493 Å². The van der Waals surface area contributed by atoms with Gasteiger partial charge in [0.1, 0.15) is 0 Å². The summed E-state index contributed by atoms with van der Waals surface area (Å²) in [6.07, 6.45) is 3.53. The van der Waals surface area contributed by atoms with Crippen LogP contribution in [0.3, 0.4) is 0 Å². The van der Waals surface area contributed by atoms with Gasteiger partial charge < -0.3 is 14.4 Å². The highest BCUT2D eigenvalue weighted by atomic mass is 15.2. The van der Waals surface area contributed by atoms with Crippen molar-refractivity contribution in [3.63, 3.8) is 0 Å². The summed E-state index contributed by atoms with van der Waals surface area (Å²) in [7, 11) is 0. The van der Waals surface area contributed by atoms with Gasteiger partial charge in [0.05, 0.1) is 22.4 Å².